The minimum atomic E-state index is -0.343. The van der Waals surface area contributed by atoms with Crippen molar-refractivity contribution in [2.75, 3.05) is 19.8 Å². The van der Waals surface area contributed by atoms with Gasteiger partial charge in [0.05, 0.1) is 13.2 Å². The van der Waals surface area contributed by atoms with Gasteiger partial charge in [0.1, 0.15) is 5.75 Å². The number of hydrogen-bond acceptors (Lipinski definition) is 3. The highest BCUT2D eigenvalue weighted by Crippen LogP contribution is 2.23. The van der Waals surface area contributed by atoms with Gasteiger partial charge in [-0.05, 0) is 36.7 Å². The molecule has 0 amide bonds. The maximum Gasteiger partial charge on any atom is 0.165 e. The van der Waals surface area contributed by atoms with Crippen molar-refractivity contribution in [3.05, 3.63) is 59.9 Å². The van der Waals surface area contributed by atoms with Crippen molar-refractivity contribution in [3.63, 3.8) is 0 Å². The van der Waals surface area contributed by atoms with Gasteiger partial charge in [-0.15, -0.1) is 0 Å². The topological polar surface area (TPSA) is 44.5 Å². The average Bonchev–Trinajstić information content (AvgIpc) is 2.51. The van der Waals surface area contributed by atoms with Gasteiger partial charge in [-0.2, -0.15) is 0 Å². The molecule has 0 fully saturated rings. The monoisotopic (exact) mass is 289 g/mol. The molecule has 2 aromatic carbocycles. The Morgan fingerprint density at radius 2 is 1.67 bits per heavy atom. The maximum atomic E-state index is 13.8. The zero-order chi connectivity index (χ0) is 14.9. The normalized spacial score (nSPS) is 10.4. The molecule has 0 aliphatic rings. The second-order valence-corrected chi connectivity index (χ2v) is 4.63. The molecule has 0 radical (unpaired) electrons. The van der Waals surface area contributed by atoms with Crippen LogP contribution in [0.25, 0.3) is 0 Å². The van der Waals surface area contributed by atoms with Gasteiger partial charge in [0.2, 0.25) is 0 Å². The third-order valence-corrected chi connectivity index (χ3v) is 3.01. The average molecular weight is 289 g/mol. The van der Waals surface area contributed by atoms with Crippen molar-refractivity contribution in [1.29, 1.82) is 0 Å². The van der Waals surface area contributed by atoms with Gasteiger partial charge in [-0.1, -0.05) is 30.3 Å². The Morgan fingerprint density at radius 1 is 0.905 bits per heavy atom. The van der Waals surface area contributed by atoms with Crippen LogP contribution >= 0.6 is 0 Å². The van der Waals surface area contributed by atoms with E-state index in [9.17, 15) is 4.39 Å². The quantitative estimate of drug-likeness (QED) is 0.759. The Morgan fingerprint density at radius 3 is 2.43 bits per heavy atom. The van der Waals surface area contributed by atoms with E-state index in [0.717, 1.165) is 11.3 Å². The van der Waals surface area contributed by atoms with Crippen LogP contribution in [0.1, 0.15) is 12.0 Å². The van der Waals surface area contributed by atoms with Crippen molar-refractivity contribution in [2.24, 2.45) is 5.73 Å². The van der Waals surface area contributed by atoms with E-state index >= 15 is 0 Å². The molecule has 0 aliphatic heterocycles. The van der Waals surface area contributed by atoms with Crippen LogP contribution in [0.15, 0.2) is 48.5 Å². The third kappa shape index (κ3) is 4.76. The minimum absolute atomic E-state index is 0.308. The first-order valence-electron chi connectivity index (χ1n) is 7.09. The van der Waals surface area contributed by atoms with Crippen molar-refractivity contribution < 1.29 is 13.9 Å². The summed E-state index contributed by atoms with van der Waals surface area (Å²) in [5, 5.41) is 0. The molecular formula is C17H20FNO2. The number of para-hydroxylation sites is 2. The van der Waals surface area contributed by atoms with E-state index in [1.807, 2.05) is 36.4 Å². The number of halogens is 1. The zero-order valence-electron chi connectivity index (χ0n) is 11.9. The molecule has 0 spiro atoms. The molecule has 2 rings (SSSR count). The zero-order valence-corrected chi connectivity index (χ0v) is 11.9. The molecule has 0 heterocycles. The maximum absolute atomic E-state index is 13.8. The van der Waals surface area contributed by atoms with Crippen molar-refractivity contribution in [1.82, 2.24) is 0 Å². The lowest BCUT2D eigenvalue weighted by Crippen LogP contribution is -2.09. The molecule has 0 aliphatic carbocycles. The van der Waals surface area contributed by atoms with Gasteiger partial charge in [-0.3, -0.25) is 0 Å². The molecular weight excluding hydrogens is 269 g/mol. The number of ether oxygens (including phenoxy) is 2. The largest absolute Gasteiger partial charge is 0.493 e. The lowest BCUT2D eigenvalue weighted by Gasteiger charge is -2.12. The number of nitrogens with two attached hydrogens (primary N) is 1. The van der Waals surface area contributed by atoms with E-state index in [0.29, 0.717) is 38.3 Å². The predicted octanol–water partition coefficient (Wildman–Crippen LogP) is 3.17. The SMILES string of the molecule is NCCc1cccc(F)c1OCCCOc1ccccc1. The highest BCUT2D eigenvalue weighted by Gasteiger charge is 2.09. The molecule has 0 bridgehead atoms. The molecule has 112 valence electrons. The Bertz CT molecular complexity index is 546. The fraction of sp³-hybridized carbons (Fsp3) is 0.294. The number of rotatable bonds is 8. The van der Waals surface area contributed by atoms with E-state index in [-0.39, 0.29) is 5.82 Å². The molecule has 2 N–H and O–H groups in total. The molecule has 2 aromatic rings. The lowest BCUT2D eigenvalue weighted by molar-refractivity contribution is 0.240. The predicted molar refractivity (Wildman–Crippen MR) is 81.2 cm³/mol. The summed E-state index contributed by atoms with van der Waals surface area (Å²) in [5.74, 6) is 0.791. The Balaban J connectivity index is 1.78. The van der Waals surface area contributed by atoms with Crippen LogP contribution in [0.5, 0.6) is 11.5 Å². The van der Waals surface area contributed by atoms with Crippen LogP contribution in [-0.4, -0.2) is 19.8 Å². The summed E-state index contributed by atoms with van der Waals surface area (Å²) < 4.78 is 24.9. The summed E-state index contributed by atoms with van der Waals surface area (Å²) in [6.45, 7) is 1.41. The summed E-state index contributed by atoms with van der Waals surface area (Å²) in [6, 6.07) is 14.5. The summed E-state index contributed by atoms with van der Waals surface area (Å²) in [4.78, 5) is 0. The van der Waals surface area contributed by atoms with Gasteiger partial charge in [0.25, 0.3) is 0 Å². The first-order chi connectivity index (χ1) is 10.3. The Hall–Kier alpha value is -2.07. The second kappa shape index (κ2) is 8.27. The molecule has 0 unspecified atom stereocenters. The van der Waals surface area contributed by atoms with Gasteiger partial charge in [0.15, 0.2) is 11.6 Å². The summed E-state index contributed by atoms with van der Waals surface area (Å²) in [6.07, 6.45) is 1.29. The smallest absolute Gasteiger partial charge is 0.165 e. The molecule has 4 heteroatoms. The van der Waals surface area contributed by atoms with Crippen LogP contribution in [0.3, 0.4) is 0 Å². The van der Waals surface area contributed by atoms with Gasteiger partial charge in [-0.25, -0.2) is 4.39 Å². The highest BCUT2D eigenvalue weighted by molar-refractivity contribution is 5.35. The van der Waals surface area contributed by atoms with Crippen LogP contribution in [0.2, 0.25) is 0 Å². The third-order valence-electron chi connectivity index (χ3n) is 3.01. The molecule has 3 nitrogen and oxygen atoms in total. The molecule has 0 saturated carbocycles. The Labute approximate surface area is 124 Å². The summed E-state index contributed by atoms with van der Waals surface area (Å²) >= 11 is 0. The van der Waals surface area contributed by atoms with Crippen molar-refractivity contribution in [3.8, 4) is 11.5 Å². The van der Waals surface area contributed by atoms with E-state index in [2.05, 4.69) is 0 Å². The van der Waals surface area contributed by atoms with E-state index < -0.39 is 0 Å². The summed E-state index contributed by atoms with van der Waals surface area (Å²) in [7, 11) is 0. The minimum Gasteiger partial charge on any atom is -0.493 e. The second-order valence-electron chi connectivity index (χ2n) is 4.63. The van der Waals surface area contributed by atoms with Crippen molar-refractivity contribution >= 4 is 0 Å². The highest BCUT2D eigenvalue weighted by atomic mass is 19.1. The van der Waals surface area contributed by atoms with Crippen LogP contribution in [-0.2, 0) is 6.42 Å². The van der Waals surface area contributed by atoms with E-state index in [1.165, 1.54) is 6.07 Å². The summed E-state index contributed by atoms with van der Waals surface area (Å²) in [5.41, 5.74) is 6.33. The van der Waals surface area contributed by atoms with Crippen LogP contribution in [0, 0.1) is 5.82 Å². The van der Waals surface area contributed by atoms with E-state index in [4.69, 9.17) is 15.2 Å². The first kappa shape index (κ1) is 15.3. The number of hydrogen-bond donors (Lipinski definition) is 1. The molecule has 21 heavy (non-hydrogen) atoms. The Kier molecular flexibility index (Phi) is 6.03. The first-order valence-corrected chi connectivity index (χ1v) is 7.09. The van der Waals surface area contributed by atoms with Gasteiger partial charge in [0, 0.05) is 6.42 Å². The molecule has 0 saturated heterocycles. The fourth-order valence-electron chi connectivity index (χ4n) is 2.01. The standard InChI is InChI=1S/C17H20FNO2/c18-16-9-4-6-14(10-11-19)17(16)21-13-5-12-20-15-7-2-1-3-8-15/h1-4,6-9H,5,10-13,19H2. The van der Waals surface area contributed by atoms with Crippen LogP contribution in [0.4, 0.5) is 4.39 Å². The van der Waals surface area contributed by atoms with E-state index in [1.54, 1.807) is 6.07 Å². The van der Waals surface area contributed by atoms with Crippen molar-refractivity contribution in [2.45, 2.75) is 12.8 Å². The lowest BCUT2D eigenvalue weighted by atomic mass is 10.1. The molecule has 0 aromatic heterocycles. The molecule has 0 atom stereocenters. The number of benzene rings is 2. The van der Waals surface area contributed by atoms with Crippen LogP contribution < -0.4 is 15.2 Å². The van der Waals surface area contributed by atoms with Gasteiger partial charge < -0.3 is 15.2 Å². The fourth-order valence-corrected chi connectivity index (χ4v) is 2.01. The van der Waals surface area contributed by atoms with Gasteiger partial charge >= 0.3 is 0 Å².